The van der Waals surface area contributed by atoms with Crippen LogP contribution in [0.4, 0.5) is 36.8 Å². The summed E-state index contributed by atoms with van der Waals surface area (Å²) in [7, 11) is -5.72. The minimum absolute atomic E-state index is 0.275. The van der Waals surface area contributed by atoms with Crippen LogP contribution in [0.3, 0.4) is 0 Å². The number of hydrogen-bond donors (Lipinski definition) is 0. The van der Waals surface area contributed by atoms with Gasteiger partial charge < -0.3 is 4.74 Å². The molecule has 1 aliphatic rings. The van der Waals surface area contributed by atoms with Gasteiger partial charge in [0.15, 0.2) is 4.99 Å². The fourth-order valence-electron chi connectivity index (χ4n) is 3.87. The van der Waals surface area contributed by atoms with Crippen LogP contribution >= 0.6 is 12.2 Å². The van der Waals surface area contributed by atoms with E-state index >= 15 is 0 Å². The summed E-state index contributed by atoms with van der Waals surface area (Å²) in [6.07, 6.45) is -4.05. The number of urea groups is 1. The van der Waals surface area contributed by atoms with E-state index in [9.17, 15) is 44.3 Å². The number of ether oxygens (including phenoxy) is 1. The zero-order valence-electron chi connectivity index (χ0n) is 19.4. The summed E-state index contributed by atoms with van der Waals surface area (Å²) in [4.78, 5) is 29.1. The van der Waals surface area contributed by atoms with Gasteiger partial charge in [0.25, 0.3) is 9.84 Å². The zero-order valence-corrected chi connectivity index (χ0v) is 21.1. The van der Waals surface area contributed by atoms with Crippen LogP contribution in [0.25, 0.3) is 10.9 Å². The molecule has 2 aromatic carbocycles. The zero-order chi connectivity index (χ0) is 29.0. The maximum absolute atomic E-state index is 13.5. The highest BCUT2D eigenvalue weighted by Gasteiger charge is 2.58. The Kier molecular flexibility index (Phi) is 6.83. The quantitative estimate of drug-likeness (QED) is 0.231. The Balaban J connectivity index is 1.78. The monoisotopic (exact) mass is 591 g/mol. The molecule has 8 nitrogen and oxygen atoms in total. The van der Waals surface area contributed by atoms with Gasteiger partial charge in [-0.05, 0) is 42.0 Å². The number of benzene rings is 2. The van der Waals surface area contributed by atoms with E-state index in [2.05, 4.69) is 4.98 Å². The van der Waals surface area contributed by atoms with Gasteiger partial charge in [0.05, 0.1) is 22.6 Å². The number of anilines is 1. The van der Waals surface area contributed by atoms with Crippen LogP contribution in [0.15, 0.2) is 65.7 Å². The van der Waals surface area contributed by atoms with E-state index in [4.69, 9.17) is 17.0 Å². The highest BCUT2D eigenvalue weighted by molar-refractivity contribution is 7.92. The molecule has 1 aromatic heterocycles. The van der Waals surface area contributed by atoms with Crippen molar-refractivity contribution in [2.24, 2.45) is 0 Å². The van der Waals surface area contributed by atoms with Crippen molar-refractivity contribution in [1.29, 1.82) is 0 Å². The fraction of sp³-hybridized carbons (Fsp3) is 0.217. The molecule has 39 heavy (non-hydrogen) atoms. The summed E-state index contributed by atoms with van der Waals surface area (Å²) >= 11 is 5.24. The molecular formula is C23H15F6N3O5S2. The predicted molar refractivity (Wildman–Crippen MR) is 128 cm³/mol. The molecule has 2 amide bonds. The Hall–Kier alpha value is -3.79. The molecule has 1 aliphatic heterocycles. The Bertz CT molecular complexity index is 1590. The largest absolute Gasteiger partial charge is 0.501 e. The standard InChI is InChI=1S/C23H15F6N3O5S2/c1-21(37-19(33)22(24,25)26)18(38)32(14-6-8-15(9-7-14)39(35,36)23(27,28)29)20(34)31(21)12-13-10-11-30-17-5-3-2-4-16(13)17/h2-11H,12H2,1H3/t21-/m0/s1. The lowest BCUT2D eigenvalue weighted by Gasteiger charge is -2.33. The highest BCUT2D eigenvalue weighted by Crippen LogP contribution is 2.39. The summed E-state index contributed by atoms with van der Waals surface area (Å²) < 4.78 is 106. The number of hydrogen-bond acceptors (Lipinski definition) is 7. The van der Waals surface area contributed by atoms with Crippen molar-refractivity contribution in [3.63, 3.8) is 0 Å². The Labute approximate surface area is 221 Å². The maximum Gasteiger partial charge on any atom is 0.501 e. The number of esters is 1. The van der Waals surface area contributed by atoms with Crippen LogP contribution < -0.4 is 4.90 Å². The lowest BCUT2D eigenvalue weighted by molar-refractivity contribution is -0.215. The first-order valence-electron chi connectivity index (χ1n) is 10.7. The van der Waals surface area contributed by atoms with E-state index in [0.29, 0.717) is 33.5 Å². The van der Waals surface area contributed by atoms with Gasteiger partial charge in [0, 0.05) is 18.5 Å². The number of carbonyl (C=O) groups excluding carboxylic acids is 2. The summed E-state index contributed by atoms with van der Waals surface area (Å²) in [6.45, 7) is 0.545. The number of thiocarbonyl (C=S) groups is 1. The van der Waals surface area contributed by atoms with E-state index in [1.807, 2.05) is 0 Å². The molecule has 206 valence electrons. The smallest absolute Gasteiger partial charge is 0.425 e. The second-order valence-corrected chi connectivity index (χ2v) is 10.6. The van der Waals surface area contributed by atoms with Crippen molar-refractivity contribution in [3.8, 4) is 0 Å². The first-order valence-corrected chi connectivity index (χ1v) is 12.6. The minimum atomic E-state index is -5.72. The molecule has 0 unspecified atom stereocenters. The highest BCUT2D eigenvalue weighted by atomic mass is 32.2. The van der Waals surface area contributed by atoms with Crippen LogP contribution in [0.5, 0.6) is 0 Å². The predicted octanol–water partition coefficient (Wildman–Crippen LogP) is 5.12. The Morgan fingerprint density at radius 3 is 2.23 bits per heavy atom. The average Bonchev–Trinajstić information content (AvgIpc) is 3.03. The number of alkyl halides is 6. The SMILES string of the molecule is C[C@]1(OC(=O)C(F)(F)F)C(=S)N(c2ccc(S(=O)(=O)C(F)(F)F)cc2)C(=O)N1Cc1ccnc2ccccc12. The molecule has 1 fully saturated rings. The lowest BCUT2D eigenvalue weighted by atomic mass is 10.1. The maximum atomic E-state index is 13.5. The fourth-order valence-corrected chi connectivity index (χ4v) is 4.96. The number of rotatable bonds is 5. The molecule has 3 aromatic rings. The van der Waals surface area contributed by atoms with Crippen LogP contribution in [0.1, 0.15) is 12.5 Å². The van der Waals surface area contributed by atoms with Gasteiger partial charge in [-0.1, -0.05) is 30.4 Å². The molecule has 16 heteroatoms. The second-order valence-electron chi connectivity index (χ2n) is 8.31. The van der Waals surface area contributed by atoms with Crippen molar-refractivity contribution in [2.75, 3.05) is 4.90 Å². The lowest BCUT2D eigenvalue weighted by Crippen LogP contribution is -2.51. The molecule has 1 saturated heterocycles. The number of halogens is 6. The van der Waals surface area contributed by atoms with Crippen LogP contribution in [-0.2, 0) is 25.9 Å². The van der Waals surface area contributed by atoms with E-state index in [0.717, 1.165) is 24.0 Å². The minimum Gasteiger partial charge on any atom is -0.425 e. The number of nitrogens with zero attached hydrogens (tertiary/aromatic N) is 3. The van der Waals surface area contributed by atoms with Crippen LogP contribution in [0, 0.1) is 0 Å². The molecule has 0 aliphatic carbocycles. The van der Waals surface area contributed by atoms with E-state index < -0.39 is 55.7 Å². The summed E-state index contributed by atoms with van der Waals surface area (Å²) in [5.74, 6) is -2.64. The van der Waals surface area contributed by atoms with Crippen molar-refractivity contribution in [1.82, 2.24) is 9.88 Å². The first-order chi connectivity index (χ1) is 18.0. The normalized spacial score (nSPS) is 18.6. The van der Waals surface area contributed by atoms with Crippen molar-refractivity contribution < 1.29 is 49.1 Å². The summed E-state index contributed by atoms with van der Waals surface area (Å²) in [6, 6.07) is 9.83. The third-order valence-corrected chi connectivity index (χ3v) is 7.90. The number of carbonyl (C=O) groups is 2. The molecule has 2 heterocycles. The number of sulfone groups is 1. The van der Waals surface area contributed by atoms with Crippen molar-refractivity contribution in [3.05, 3.63) is 66.4 Å². The van der Waals surface area contributed by atoms with Crippen LogP contribution in [0.2, 0.25) is 0 Å². The third kappa shape index (κ3) is 4.89. The number of aromatic nitrogens is 1. The van der Waals surface area contributed by atoms with Gasteiger partial charge in [0.1, 0.15) is 0 Å². The van der Waals surface area contributed by atoms with Gasteiger partial charge in [-0.15, -0.1) is 0 Å². The third-order valence-electron chi connectivity index (χ3n) is 5.84. The second kappa shape index (κ2) is 9.44. The van der Waals surface area contributed by atoms with Gasteiger partial charge >= 0.3 is 23.7 Å². The molecule has 4 rings (SSSR count). The molecule has 1 atom stereocenters. The molecule has 0 saturated carbocycles. The van der Waals surface area contributed by atoms with E-state index in [1.54, 1.807) is 24.3 Å². The van der Waals surface area contributed by atoms with Gasteiger partial charge in [-0.25, -0.2) is 18.0 Å². The Morgan fingerprint density at radius 1 is 1.03 bits per heavy atom. The molecular weight excluding hydrogens is 576 g/mol. The summed E-state index contributed by atoms with van der Waals surface area (Å²) in [5.41, 5.74) is -7.44. The molecule has 0 spiro atoms. The van der Waals surface area contributed by atoms with Gasteiger partial charge in [0.2, 0.25) is 5.72 Å². The number of pyridine rings is 1. The molecule has 0 bridgehead atoms. The first kappa shape index (κ1) is 28.2. The van der Waals surface area contributed by atoms with Crippen LogP contribution in [-0.4, -0.2) is 52.7 Å². The van der Waals surface area contributed by atoms with Gasteiger partial charge in [-0.3, -0.25) is 14.8 Å². The number of fused-ring (bicyclic) bond motifs is 1. The molecule has 0 N–H and O–H groups in total. The van der Waals surface area contributed by atoms with Crippen molar-refractivity contribution >= 4 is 55.6 Å². The van der Waals surface area contributed by atoms with E-state index in [-0.39, 0.29) is 5.69 Å². The van der Waals surface area contributed by atoms with Gasteiger partial charge in [-0.2, -0.15) is 26.3 Å². The number of amides is 2. The topological polar surface area (TPSA) is 96.9 Å². The summed E-state index contributed by atoms with van der Waals surface area (Å²) in [5, 5.41) is 0.531. The number of para-hydroxylation sites is 1. The Morgan fingerprint density at radius 2 is 1.64 bits per heavy atom. The van der Waals surface area contributed by atoms with Crippen molar-refractivity contribution in [2.45, 2.75) is 35.8 Å². The molecule has 0 radical (unpaired) electrons. The van der Waals surface area contributed by atoms with E-state index in [1.165, 1.54) is 12.3 Å². The average molecular weight is 592 g/mol.